The fourth-order valence-electron chi connectivity index (χ4n) is 6.70. The Kier molecular flexibility index (Phi) is 4.63. The fourth-order valence-corrected chi connectivity index (χ4v) is 6.70. The molecule has 0 fully saturated rings. The molecule has 0 spiro atoms. The van der Waals surface area contributed by atoms with Gasteiger partial charge in [0, 0.05) is 39.5 Å². The van der Waals surface area contributed by atoms with Gasteiger partial charge in [-0.25, -0.2) is 4.98 Å². The highest BCUT2D eigenvalue weighted by molar-refractivity contribution is 6.17. The summed E-state index contributed by atoms with van der Waals surface area (Å²) in [5, 5.41) is 18.9. The molecule has 0 aliphatic carbocycles. The molecule has 0 saturated carbocycles. The number of hydrogen-bond donors (Lipinski definition) is 0. The zero-order valence-electron chi connectivity index (χ0n) is 23.3. The lowest BCUT2D eigenvalue weighted by molar-refractivity contribution is 0.669. The van der Waals surface area contributed by atoms with Gasteiger partial charge >= 0.3 is 0 Å². The van der Waals surface area contributed by atoms with Crippen LogP contribution in [-0.4, -0.2) is 24.7 Å². The standard InChI is InChI=1S/C38H21N5O/c1-3-9-24-19-31-29(17-22(24)7-1)30-18-23-8-2-4-10-25(23)20-32(30)43(31)38-37-36(39-15-16-40-37)35(41-42-38)26-13-14-28-27-11-5-6-12-33(27)44-34(28)21-26/h1-21H. The third-order valence-electron chi connectivity index (χ3n) is 8.74. The maximum absolute atomic E-state index is 6.19. The van der Waals surface area contributed by atoms with Crippen molar-refractivity contribution in [1.82, 2.24) is 24.7 Å². The summed E-state index contributed by atoms with van der Waals surface area (Å²) in [6.45, 7) is 0. The van der Waals surface area contributed by atoms with E-state index in [0.29, 0.717) is 22.5 Å². The molecule has 0 amide bonds. The van der Waals surface area contributed by atoms with Crippen LogP contribution in [-0.2, 0) is 0 Å². The molecular weight excluding hydrogens is 542 g/mol. The lowest BCUT2D eigenvalue weighted by atomic mass is 10.0. The van der Waals surface area contributed by atoms with Gasteiger partial charge in [-0.1, -0.05) is 72.8 Å². The van der Waals surface area contributed by atoms with Gasteiger partial charge in [0.25, 0.3) is 0 Å². The van der Waals surface area contributed by atoms with Gasteiger partial charge in [-0.2, -0.15) is 0 Å². The largest absolute Gasteiger partial charge is 0.456 e. The van der Waals surface area contributed by atoms with Crippen LogP contribution in [0.3, 0.4) is 0 Å². The summed E-state index contributed by atoms with van der Waals surface area (Å²) in [7, 11) is 0. The molecule has 4 aromatic heterocycles. The third-order valence-corrected chi connectivity index (χ3v) is 8.74. The van der Waals surface area contributed by atoms with Crippen LogP contribution in [0.15, 0.2) is 132 Å². The van der Waals surface area contributed by atoms with Crippen molar-refractivity contribution < 1.29 is 4.42 Å². The smallest absolute Gasteiger partial charge is 0.188 e. The highest BCUT2D eigenvalue weighted by Crippen LogP contribution is 2.39. The Balaban J connectivity index is 1.28. The van der Waals surface area contributed by atoms with Gasteiger partial charge in [-0.05, 0) is 64.0 Å². The first-order chi connectivity index (χ1) is 21.8. The predicted octanol–water partition coefficient (Wildman–Crippen LogP) is 9.39. The first-order valence-electron chi connectivity index (χ1n) is 14.6. The molecule has 6 nitrogen and oxygen atoms in total. The predicted molar refractivity (Wildman–Crippen MR) is 177 cm³/mol. The Bertz CT molecular complexity index is 2700. The minimum absolute atomic E-state index is 0.646. The van der Waals surface area contributed by atoms with E-state index in [2.05, 4.69) is 95.6 Å². The molecule has 10 rings (SSSR count). The van der Waals surface area contributed by atoms with Crippen molar-refractivity contribution in [3.8, 4) is 17.1 Å². The van der Waals surface area contributed by atoms with Crippen molar-refractivity contribution >= 4 is 76.3 Å². The SMILES string of the molecule is c1ccc2cc3c(cc2c1)c1cc2ccccc2cc1n3-c1nnc(-c2ccc3c(c2)oc2ccccc23)c2nccnc12. The zero-order chi connectivity index (χ0) is 28.8. The van der Waals surface area contributed by atoms with E-state index in [0.717, 1.165) is 60.1 Å². The summed E-state index contributed by atoms with van der Waals surface area (Å²) >= 11 is 0. The van der Waals surface area contributed by atoms with E-state index in [4.69, 9.17) is 24.6 Å². The molecule has 6 aromatic carbocycles. The van der Waals surface area contributed by atoms with Gasteiger partial charge < -0.3 is 4.42 Å². The van der Waals surface area contributed by atoms with Crippen LogP contribution in [0, 0.1) is 0 Å². The molecule has 204 valence electrons. The Morgan fingerprint density at radius 2 is 1.07 bits per heavy atom. The molecule has 0 N–H and O–H groups in total. The van der Waals surface area contributed by atoms with Crippen LogP contribution in [0.5, 0.6) is 0 Å². The highest BCUT2D eigenvalue weighted by atomic mass is 16.3. The molecule has 0 aliphatic heterocycles. The van der Waals surface area contributed by atoms with E-state index < -0.39 is 0 Å². The number of nitrogens with zero attached hydrogens (tertiary/aromatic N) is 5. The number of furan rings is 1. The van der Waals surface area contributed by atoms with Crippen molar-refractivity contribution in [2.75, 3.05) is 0 Å². The second-order valence-corrected chi connectivity index (χ2v) is 11.2. The average molecular weight is 564 g/mol. The van der Waals surface area contributed by atoms with Crippen LogP contribution < -0.4 is 0 Å². The van der Waals surface area contributed by atoms with E-state index in [9.17, 15) is 0 Å². The summed E-state index contributed by atoms with van der Waals surface area (Å²) in [5.41, 5.74) is 6.66. The monoisotopic (exact) mass is 563 g/mol. The Labute approximate surface area is 249 Å². The molecule has 0 radical (unpaired) electrons. The van der Waals surface area contributed by atoms with Crippen molar-refractivity contribution in [3.63, 3.8) is 0 Å². The Morgan fingerprint density at radius 1 is 0.477 bits per heavy atom. The minimum Gasteiger partial charge on any atom is -0.456 e. The Hall–Kier alpha value is -6.14. The van der Waals surface area contributed by atoms with Crippen LogP contribution in [0.2, 0.25) is 0 Å². The lowest BCUT2D eigenvalue weighted by Gasteiger charge is -2.11. The Morgan fingerprint density at radius 3 is 1.77 bits per heavy atom. The normalized spacial score (nSPS) is 12.1. The molecule has 0 bridgehead atoms. The highest BCUT2D eigenvalue weighted by Gasteiger charge is 2.21. The number of aromatic nitrogens is 5. The van der Waals surface area contributed by atoms with E-state index in [-0.39, 0.29) is 0 Å². The number of rotatable bonds is 2. The summed E-state index contributed by atoms with van der Waals surface area (Å²) in [6, 6.07) is 40.2. The summed E-state index contributed by atoms with van der Waals surface area (Å²) in [6.07, 6.45) is 3.43. The molecule has 0 unspecified atom stereocenters. The third kappa shape index (κ3) is 3.25. The van der Waals surface area contributed by atoms with Crippen LogP contribution in [0.25, 0.3) is 93.4 Å². The van der Waals surface area contributed by atoms with E-state index in [1.807, 2.05) is 24.3 Å². The van der Waals surface area contributed by atoms with E-state index >= 15 is 0 Å². The van der Waals surface area contributed by atoms with Crippen LogP contribution in [0.1, 0.15) is 0 Å². The molecule has 10 aromatic rings. The van der Waals surface area contributed by atoms with Gasteiger partial charge in [0.2, 0.25) is 0 Å². The number of para-hydroxylation sites is 1. The van der Waals surface area contributed by atoms with Crippen LogP contribution in [0.4, 0.5) is 0 Å². The number of benzene rings is 6. The molecule has 0 aliphatic rings. The molecular formula is C38H21N5O. The van der Waals surface area contributed by atoms with Crippen molar-refractivity contribution in [2.45, 2.75) is 0 Å². The van der Waals surface area contributed by atoms with Gasteiger partial charge in [-0.3, -0.25) is 9.55 Å². The number of hydrogen-bond acceptors (Lipinski definition) is 5. The van der Waals surface area contributed by atoms with Crippen molar-refractivity contribution in [2.24, 2.45) is 0 Å². The second-order valence-electron chi connectivity index (χ2n) is 11.2. The first-order valence-corrected chi connectivity index (χ1v) is 14.6. The molecule has 0 saturated heterocycles. The quantitative estimate of drug-likeness (QED) is 0.210. The topological polar surface area (TPSA) is 69.6 Å². The number of fused-ring (bicyclic) bond motifs is 9. The first kappa shape index (κ1) is 23.4. The zero-order valence-corrected chi connectivity index (χ0v) is 23.3. The van der Waals surface area contributed by atoms with E-state index in [1.54, 1.807) is 12.4 Å². The van der Waals surface area contributed by atoms with Gasteiger partial charge in [0.15, 0.2) is 5.82 Å². The minimum atomic E-state index is 0.646. The van der Waals surface area contributed by atoms with Crippen LogP contribution >= 0.6 is 0 Å². The summed E-state index contributed by atoms with van der Waals surface area (Å²) < 4.78 is 8.38. The molecule has 6 heteroatoms. The van der Waals surface area contributed by atoms with Crippen molar-refractivity contribution in [3.05, 3.63) is 128 Å². The van der Waals surface area contributed by atoms with Crippen molar-refractivity contribution in [1.29, 1.82) is 0 Å². The van der Waals surface area contributed by atoms with E-state index in [1.165, 1.54) is 10.8 Å². The second kappa shape index (κ2) is 8.69. The van der Waals surface area contributed by atoms with Gasteiger partial charge in [-0.15, -0.1) is 10.2 Å². The fraction of sp³-hybridized carbons (Fsp3) is 0. The maximum Gasteiger partial charge on any atom is 0.188 e. The molecule has 0 atom stereocenters. The maximum atomic E-state index is 6.19. The summed E-state index contributed by atoms with van der Waals surface area (Å²) in [5.74, 6) is 0.646. The lowest BCUT2D eigenvalue weighted by Crippen LogP contribution is -2.04. The molecule has 44 heavy (non-hydrogen) atoms. The van der Waals surface area contributed by atoms with Gasteiger partial charge in [0.05, 0.1) is 11.0 Å². The molecule has 4 heterocycles. The summed E-state index contributed by atoms with van der Waals surface area (Å²) in [4.78, 5) is 9.65. The van der Waals surface area contributed by atoms with Gasteiger partial charge in [0.1, 0.15) is 27.9 Å². The average Bonchev–Trinajstić information content (AvgIpc) is 3.60.